The predicted octanol–water partition coefficient (Wildman–Crippen LogP) is 1.98. The van der Waals surface area contributed by atoms with Gasteiger partial charge in [-0.3, -0.25) is 14.6 Å². The lowest BCUT2D eigenvalue weighted by Gasteiger charge is -2.20. The molecule has 3 aromatic rings. The number of anilines is 1. The van der Waals surface area contributed by atoms with Crippen LogP contribution < -0.4 is 23.8 Å². The Hall–Kier alpha value is -4.68. The largest absolute Gasteiger partial charge is 0.493 e. The van der Waals surface area contributed by atoms with E-state index in [1.165, 1.54) is 19.2 Å². The maximum Gasteiger partial charge on any atom is 0.263 e. The maximum atomic E-state index is 13.3. The van der Waals surface area contributed by atoms with E-state index >= 15 is 0 Å². The van der Waals surface area contributed by atoms with E-state index in [1.54, 1.807) is 36.4 Å². The van der Waals surface area contributed by atoms with E-state index in [-0.39, 0.29) is 19.2 Å². The van der Waals surface area contributed by atoms with Crippen LogP contribution >= 0.6 is 0 Å². The number of aromatic nitrogens is 2. The molecule has 6 rings (SSSR count). The van der Waals surface area contributed by atoms with Gasteiger partial charge in [0, 0.05) is 11.6 Å². The third kappa shape index (κ3) is 3.31. The number of hydrogen-bond donors (Lipinski definition) is 0. The van der Waals surface area contributed by atoms with Crippen molar-refractivity contribution in [1.82, 2.24) is 15.1 Å². The van der Waals surface area contributed by atoms with Crippen LogP contribution in [0.15, 0.2) is 51.3 Å². The van der Waals surface area contributed by atoms with Crippen molar-refractivity contribution in [2.45, 2.75) is 18.6 Å². The van der Waals surface area contributed by atoms with Gasteiger partial charge in [0.2, 0.25) is 18.5 Å². The molecule has 3 aliphatic heterocycles. The van der Waals surface area contributed by atoms with E-state index in [1.807, 2.05) is 0 Å². The van der Waals surface area contributed by atoms with Crippen LogP contribution in [-0.2, 0) is 16.1 Å². The lowest BCUT2D eigenvalue weighted by molar-refractivity contribution is -0.123. The molecule has 13 nitrogen and oxygen atoms in total. The minimum atomic E-state index is -0.966. The highest BCUT2D eigenvalue weighted by Gasteiger charge is 2.55. The molecule has 178 valence electrons. The molecular weight excluding hydrogens is 460 g/mol. The van der Waals surface area contributed by atoms with Crippen LogP contribution in [0, 0.1) is 0 Å². The quantitative estimate of drug-likeness (QED) is 0.483. The molecule has 1 saturated heterocycles. The summed E-state index contributed by atoms with van der Waals surface area (Å²) in [6, 6.07) is 8.21. The van der Waals surface area contributed by atoms with Crippen molar-refractivity contribution in [3.63, 3.8) is 0 Å². The highest BCUT2D eigenvalue weighted by molar-refractivity contribution is 6.25. The van der Waals surface area contributed by atoms with Crippen molar-refractivity contribution < 1.29 is 33.1 Å². The molecule has 2 unspecified atom stereocenters. The van der Waals surface area contributed by atoms with Gasteiger partial charge in [0.25, 0.3) is 11.8 Å². The first-order chi connectivity index (χ1) is 17.1. The molecule has 2 aromatic carbocycles. The number of fused-ring (bicyclic) bond motifs is 2. The molecule has 0 aliphatic carbocycles. The van der Waals surface area contributed by atoms with Crippen molar-refractivity contribution in [2.24, 2.45) is 10.3 Å². The zero-order valence-corrected chi connectivity index (χ0v) is 18.6. The van der Waals surface area contributed by atoms with Crippen molar-refractivity contribution >= 4 is 17.5 Å². The highest BCUT2D eigenvalue weighted by Crippen LogP contribution is 2.38. The number of nitrogens with zero attached hydrogens (tertiary/aromatic N) is 6. The molecule has 0 radical (unpaired) electrons. The smallest absolute Gasteiger partial charge is 0.263 e. The minimum Gasteiger partial charge on any atom is -0.493 e. The van der Waals surface area contributed by atoms with Crippen LogP contribution in [0.4, 0.5) is 5.69 Å². The summed E-state index contributed by atoms with van der Waals surface area (Å²) < 4.78 is 26.6. The van der Waals surface area contributed by atoms with Crippen LogP contribution in [0.3, 0.4) is 0 Å². The molecule has 4 heterocycles. The van der Waals surface area contributed by atoms with Crippen LogP contribution in [-0.4, -0.2) is 60.1 Å². The number of hydrogen-bond acceptors (Lipinski definition) is 12. The Kier molecular flexibility index (Phi) is 4.76. The van der Waals surface area contributed by atoms with Crippen molar-refractivity contribution in [2.75, 3.05) is 25.9 Å². The second-order valence-corrected chi connectivity index (χ2v) is 7.82. The normalized spacial score (nSPS) is 20.1. The van der Waals surface area contributed by atoms with Gasteiger partial charge in [-0.25, -0.2) is 4.90 Å². The Balaban J connectivity index is 1.22. The molecule has 1 fully saturated rings. The second-order valence-electron chi connectivity index (χ2n) is 7.82. The van der Waals surface area contributed by atoms with Crippen LogP contribution in [0.5, 0.6) is 23.0 Å². The van der Waals surface area contributed by atoms with E-state index in [9.17, 15) is 9.59 Å². The number of rotatable bonds is 6. The fourth-order valence-corrected chi connectivity index (χ4v) is 4.18. The summed E-state index contributed by atoms with van der Waals surface area (Å²) in [6.07, 6.45) is 0. The van der Waals surface area contributed by atoms with Crippen molar-refractivity contribution in [3.05, 3.63) is 42.3 Å². The van der Waals surface area contributed by atoms with Gasteiger partial charge in [0.1, 0.15) is 6.54 Å². The Morgan fingerprint density at radius 3 is 2.66 bits per heavy atom. The topological polar surface area (TPSA) is 141 Å². The lowest BCUT2D eigenvalue weighted by atomic mass is 10.1. The van der Waals surface area contributed by atoms with Gasteiger partial charge in [0.05, 0.1) is 19.9 Å². The number of benzene rings is 2. The summed E-state index contributed by atoms with van der Waals surface area (Å²) in [5.41, 5.74) is 1.03. The molecular formula is C22H18N6O7. The zero-order valence-electron chi connectivity index (χ0n) is 18.6. The van der Waals surface area contributed by atoms with Crippen molar-refractivity contribution in [1.29, 1.82) is 0 Å². The molecule has 1 aromatic heterocycles. The molecule has 0 N–H and O–H groups in total. The number of carbonyl (C=O) groups excluding carboxylic acids is 2. The Morgan fingerprint density at radius 1 is 1.00 bits per heavy atom. The summed E-state index contributed by atoms with van der Waals surface area (Å²) in [6.45, 7) is 0.160. The summed E-state index contributed by atoms with van der Waals surface area (Å²) in [5, 5.41) is 13.4. The number of imide groups is 1. The zero-order chi connectivity index (χ0) is 24.1. The van der Waals surface area contributed by atoms with E-state index in [0.29, 0.717) is 40.1 Å². The summed E-state index contributed by atoms with van der Waals surface area (Å²) >= 11 is 0. The van der Waals surface area contributed by atoms with Gasteiger partial charge < -0.3 is 23.5 Å². The highest BCUT2D eigenvalue weighted by atomic mass is 16.7. The van der Waals surface area contributed by atoms with Crippen molar-refractivity contribution in [3.8, 4) is 34.4 Å². The molecule has 0 spiro atoms. The first-order valence-electron chi connectivity index (χ1n) is 10.6. The molecule has 3 aliphatic rings. The Labute approximate surface area is 197 Å². The van der Waals surface area contributed by atoms with Gasteiger partial charge in [-0.1, -0.05) is 10.4 Å². The fraction of sp³-hybridized carbons (Fsp3) is 0.273. The number of amides is 2. The maximum absolute atomic E-state index is 13.3. The number of carbonyl (C=O) groups is 2. The molecule has 2 amide bonds. The second kappa shape index (κ2) is 7.97. The fourth-order valence-electron chi connectivity index (χ4n) is 4.18. The van der Waals surface area contributed by atoms with E-state index < -0.39 is 23.9 Å². The molecule has 0 bridgehead atoms. The standard InChI is InChI=1S/C22H18N6O7/c1-31-13-6-4-12(8-15(13)32-2)28-21(29)18-19(22(28)30)27(26-24-18)9-17-23-20(25-35-17)11-3-5-14-16(7-11)34-10-33-14/h3-8,18-19H,9-10H2,1-2H3. The molecule has 35 heavy (non-hydrogen) atoms. The Bertz CT molecular complexity index is 1370. The van der Waals surface area contributed by atoms with Gasteiger partial charge >= 0.3 is 0 Å². The van der Waals surface area contributed by atoms with E-state index in [0.717, 1.165) is 4.90 Å². The van der Waals surface area contributed by atoms with Gasteiger partial charge in [-0.15, -0.1) is 0 Å². The average molecular weight is 478 g/mol. The lowest BCUT2D eigenvalue weighted by Crippen LogP contribution is -2.39. The van der Waals surface area contributed by atoms with Gasteiger partial charge in [0.15, 0.2) is 35.1 Å². The number of methoxy groups -OCH3 is 2. The minimum absolute atomic E-state index is 0.00100. The summed E-state index contributed by atoms with van der Waals surface area (Å²) in [5.74, 6) is 1.71. The van der Waals surface area contributed by atoms with E-state index in [4.69, 9.17) is 23.5 Å². The first-order valence-corrected chi connectivity index (χ1v) is 10.6. The Morgan fingerprint density at radius 2 is 1.83 bits per heavy atom. The molecule has 13 heteroatoms. The van der Waals surface area contributed by atoms with Gasteiger partial charge in [-0.05, 0) is 30.3 Å². The first kappa shape index (κ1) is 20.9. The monoisotopic (exact) mass is 478 g/mol. The van der Waals surface area contributed by atoms with Gasteiger partial charge in [-0.2, -0.15) is 10.1 Å². The summed E-state index contributed by atoms with van der Waals surface area (Å²) in [4.78, 5) is 31.7. The van der Waals surface area contributed by atoms with Crippen LogP contribution in [0.25, 0.3) is 11.4 Å². The van der Waals surface area contributed by atoms with Crippen LogP contribution in [0.2, 0.25) is 0 Å². The molecule has 0 saturated carbocycles. The summed E-state index contributed by atoms with van der Waals surface area (Å²) in [7, 11) is 2.98. The van der Waals surface area contributed by atoms with E-state index in [2.05, 4.69) is 20.5 Å². The van der Waals surface area contributed by atoms with Crippen LogP contribution in [0.1, 0.15) is 5.89 Å². The third-order valence-electron chi connectivity index (χ3n) is 5.88. The molecule has 2 atom stereocenters. The SMILES string of the molecule is COc1ccc(N2C(=O)C3N=NN(Cc4nc(-c5ccc6c(c5)OCO6)no4)C3C2=O)cc1OC. The number of ether oxygens (including phenoxy) is 4. The predicted molar refractivity (Wildman–Crippen MR) is 116 cm³/mol. The average Bonchev–Trinajstić information content (AvgIpc) is 3.66. The third-order valence-corrected chi connectivity index (χ3v) is 5.88.